The molecule has 1 fully saturated rings. The van der Waals surface area contributed by atoms with E-state index >= 15 is 0 Å². The third-order valence-electron chi connectivity index (χ3n) is 5.34. The largest absolute Gasteiger partial charge is 0.347 e. The molecule has 1 saturated carbocycles. The van der Waals surface area contributed by atoms with Gasteiger partial charge in [-0.25, -0.2) is 9.97 Å². The number of fused-ring (bicyclic) bond motifs is 1. The summed E-state index contributed by atoms with van der Waals surface area (Å²) in [5.74, 6) is 1.34. The van der Waals surface area contributed by atoms with Gasteiger partial charge >= 0.3 is 0 Å². The van der Waals surface area contributed by atoms with Crippen molar-refractivity contribution in [2.75, 3.05) is 0 Å². The van der Waals surface area contributed by atoms with Gasteiger partial charge in [0.1, 0.15) is 6.33 Å². The molecule has 0 unspecified atom stereocenters. The summed E-state index contributed by atoms with van der Waals surface area (Å²) in [5, 5.41) is 1.26. The van der Waals surface area contributed by atoms with Crippen molar-refractivity contribution >= 4 is 10.9 Å². The Kier molecular flexibility index (Phi) is 4.28. The van der Waals surface area contributed by atoms with Gasteiger partial charge in [0.25, 0.3) is 0 Å². The predicted octanol–water partition coefficient (Wildman–Crippen LogP) is 4.65. The summed E-state index contributed by atoms with van der Waals surface area (Å²) in [6.45, 7) is 7.56. The molecule has 25 heavy (non-hydrogen) atoms. The Morgan fingerprint density at radius 1 is 1.16 bits per heavy atom. The molecule has 0 atom stereocenters. The van der Waals surface area contributed by atoms with Crippen LogP contribution in [0.1, 0.15) is 61.7 Å². The molecule has 4 rings (SSSR count). The van der Waals surface area contributed by atoms with E-state index in [9.17, 15) is 0 Å². The molecule has 3 aromatic rings. The van der Waals surface area contributed by atoms with Gasteiger partial charge in [-0.2, -0.15) is 0 Å². The number of nitrogens with zero attached hydrogens (tertiary/aromatic N) is 4. The maximum Gasteiger partial charge on any atom is 0.115 e. The average molecular weight is 334 g/mol. The van der Waals surface area contributed by atoms with Gasteiger partial charge in [-0.05, 0) is 37.3 Å². The monoisotopic (exact) mass is 334 g/mol. The van der Waals surface area contributed by atoms with Gasteiger partial charge in [-0.15, -0.1) is 0 Å². The number of hydrogen-bond acceptors (Lipinski definition) is 3. The zero-order valence-corrected chi connectivity index (χ0v) is 15.4. The van der Waals surface area contributed by atoms with Crippen LogP contribution in [-0.4, -0.2) is 19.5 Å². The average Bonchev–Trinajstić information content (AvgIpc) is 3.33. The highest BCUT2D eigenvalue weighted by molar-refractivity contribution is 5.82. The molecule has 1 aliphatic carbocycles. The summed E-state index contributed by atoms with van der Waals surface area (Å²) < 4.78 is 2.39. The Morgan fingerprint density at radius 3 is 2.76 bits per heavy atom. The fraction of sp³-hybridized carbons (Fsp3) is 0.476. The number of hydrogen-bond donors (Lipinski definition) is 0. The topological polar surface area (TPSA) is 43.6 Å². The van der Waals surface area contributed by atoms with E-state index in [-0.39, 0.29) is 0 Å². The molecule has 0 amide bonds. The minimum atomic E-state index is 0.388. The van der Waals surface area contributed by atoms with Gasteiger partial charge < -0.3 is 4.57 Å². The molecular formula is C21H26N4. The van der Waals surface area contributed by atoms with Crippen LogP contribution in [0.25, 0.3) is 10.9 Å². The van der Waals surface area contributed by atoms with Crippen molar-refractivity contribution in [1.82, 2.24) is 19.5 Å². The number of aromatic nitrogens is 4. The van der Waals surface area contributed by atoms with Crippen LogP contribution in [0.5, 0.6) is 0 Å². The molecule has 0 aliphatic heterocycles. The Morgan fingerprint density at radius 2 is 2.00 bits per heavy atom. The standard InChI is InChI=1S/C21H26N4/c1-14(2)21-18(15(3)23-13-24-21)12-19-17-8-11-25(10-7-16-4-5-16)20(17)6-9-22-19/h6,8-9,11,13-14,16H,4-5,7,10,12H2,1-3H3. The van der Waals surface area contributed by atoms with Gasteiger partial charge in [-0.3, -0.25) is 4.98 Å². The van der Waals surface area contributed by atoms with Gasteiger partial charge in [0.05, 0.1) is 16.9 Å². The fourth-order valence-electron chi connectivity index (χ4n) is 3.65. The van der Waals surface area contributed by atoms with Crippen molar-refractivity contribution in [1.29, 1.82) is 0 Å². The summed E-state index contributed by atoms with van der Waals surface area (Å²) in [6, 6.07) is 4.36. The Labute approximate surface area is 149 Å². The van der Waals surface area contributed by atoms with Crippen LogP contribution in [0, 0.1) is 12.8 Å². The van der Waals surface area contributed by atoms with E-state index in [1.54, 1.807) is 6.33 Å². The summed E-state index contributed by atoms with van der Waals surface area (Å²) in [5.41, 5.74) is 5.85. The third kappa shape index (κ3) is 3.30. The highest BCUT2D eigenvalue weighted by Gasteiger charge is 2.21. The van der Waals surface area contributed by atoms with E-state index in [0.717, 1.165) is 36.0 Å². The molecule has 0 N–H and O–H groups in total. The van der Waals surface area contributed by atoms with Gasteiger partial charge in [0.2, 0.25) is 0 Å². The minimum Gasteiger partial charge on any atom is -0.347 e. The fourth-order valence-corrected chi connectivity index (χ4v) is 3.65. The second-order valence-corrected chi connectivity index (χ2v) is 7.59. The summed E-state index contributed by atoms with van der Waals surface area (Å²) >= 11 is 0. The lowest BCUT2D eigenvalue weighted by Crippen LogP contribution is -2.06. The molecule has 0 bridgehead atoms. The molecule has 3 heterocycles. The smallest absolute Gasteiger partial charge is 0.115 e. The second kappa shape index (κ2) is 6.58. The molecule has 0 radical (unpaired) electrons. The Balaban J connectivity index is 1.68. The Hall–Kier alpha value is -2.23. The van der Waals surface area contributed by atoms with Gasteiger partial charge in [-0.1, -0.05) is 26.7 Å². The Bertz CT molecular complexity index is 890. The van der Waals surface area contributed by atoms with Crippen molar-refractivity contribution in [2.45, 2.75) is 58.9 Å². The van der Waals surface area contributed by atoms with Crippen LogP contribution in [0.4, 0.5) is 0 Å². The first-order valence-electron chi connectivity index (χ1n) is 9.36. The summed E-state index contributed by atoms with van der Waals surface area (Å²) in [4.78, 5) is 13.6. The predicted molar refractivity (Wildman–Crippen MR) is 101 cm³/mol. The van der Waals surface area contributed by atoms with Crippen LogP contribution in [0.2, 0.25) is 0 Å². The van der Waals surface area contributed by atoms with Crippen LogP contribution in [0.15, 0.2) is 30.9 Å². The molecular weight excluding hydrogens is 308 g/mol. The highest BCUT2D eigenvalue weighted by Crippen LogP contribution is 2.33. The van der Waals surface area contributed by atoms with E-state index < -0.39 is 0 Å². The van der Waals surface area contributed by atoms with Crippen LogP contribution in [-0.2, 0) is 13.0 Å². The van der Waals surface area contributed by atoms with Crippen LogP contribution in [0.3, 0.4) is 0 Å². The molecule has 4 heteroatoms. The zero-order chi connectivity index (χ0) is 17.4. The highest BCUT2D eigenvalue weighted by atomic mass is 15.0. The lowest BCUT2D eigenvalue weighted by molar-refractivity contribution is 0.611. The molecule has 130 valence electrons. The number of pyridine rings is 1. The first kappa shape index (κ1) is 16.2. The van der Waals surface area contributed by atoms with E-state index in [4.69, 9.17) is 4.98 Å². The molecule has 4 nitrogen and oxygen atoms in total. The molecule has 0 aromatic carbocycles. The van der Waals surface area contributed by atoms with Crippen LogP contribution >= 0.6 is 0 Å². The minimum absolute atomic E-state index is 0.388. The first-order chi connectivity index (χ1) is 12.1. The van der Waals surface area contributed by atoms with E-state index in [2.05, 4.69) is 53.6 Å². The SMILES string of the molecule is Cc1ncnc(C(C)C)c1Cc1nccc2c1ccn2CCC1CC1. The van der Waals surface area contributed by atoms with Gasteiger partial charge in [0.15, 0.2) is 0 Å². The van der Waals surface area contributed by atoms with Crippen molar-refractivity contribution in [2.24, 2.45) is 5.92 Å². The van der Waals surface area contributed by atoms with Crippen LogP contribution < -0.4 is 0 Å². The third-order valence-corrected chi connectivity index (χ3v) is 5.34. The lowest BCUT2D eigenvalue weighted by atomic mass is 9.98. The lowest BCUT2D eigenvalue weighted by Gasteiger charge is -2.14. The molecule has 1 aliphatic rings. The van der Waals surface area contributed by atoms with Gasteiger partial charge in [0, 0.05) is 42.0 Å². The van der Waals surface area contributed by atoms with E-state index in [1.807, 2.05) is 6.20 Å². The van der Waals surface area contributed by atoms with E-state index in [0.29, 0.717) is 5.92 Å². The van der Waals surface area contributed by atoms with Crippen molar-refractivity contribution < 1.29 is 0 Å². The molecule has 0 spiro atoms. The maximum atomic E-state index is 4.70. The first-order valence-corrected chi connectivity index (χ1v) is 9.36. The molecule has 0 saturated heterocycles. The molecule has 3 aromatic heterocycles. The normalized spacial score (nSPS) is 14.6. The second-order valence-electron chi connectivity index (χ2n) is 7.59. The zero-order valence-electron chi connectivity index (χ0n) is 15.4. The van der Waals surface area contributed by atoms with Crippen molar-refractivity contribution in [3.8, 4) is 0 Å². The quantitative estimate of drug-likeness (QED) is 0.659. The maximum absolute atomic E-state index is 4.70. The summed E-state index contributed by atoms with van der Waals surface area (Å²) in [6.07, 6.45) is 10.8. The van der Waals surface area contributed by atoms with Crippen molar-refractivity contribution in [3.63, 3.8) is 0 Å². The van der Waals surface area contributed by atoms with E-state index in [1.165, 1.54) is 35.7 Å². The van der Waals surface area contributed by atoms with Crippen molar-refractivity contribution in [3.05, 3.63) is 53.5 Å². The number of rotatable bonds is 6. The summed E-state index contributed by atoms with van der Waals surface area (Å²) in [7, 11) is 0. The number of aryl methyl sites for hydroxylation is 2.